The Morgan fingerprint density at radius 2 is 1.26 bits per heavy atom. The number of allylic oxidation sites excluding steroid dienone is 8. The molecule has 0 aliphatic rings. The molecule has 0 amide bonds. The van der Waals surface area contributed by atoms with E-state index < -0.39 is 22.8 Å². The zero-order chi connectivity index (χ0) is 21.1. The van der Waals surface area contributed by atoms with Gasteiger partial charge in [-0.15, -0.1) is 0 Å². The van der Waals surface area contributed by atoms with E-state index in [2.05, 4.69) is 13.2 Å². The van der Waals surface area contributed by atoms with Gasteiger partial charge in [0.15, 0.2) is 0 Å². The van der Waals surface area contributed by atoms with Gasteiger partial charge in [0.25, 0.3) is 0 Å². The van der Waals surface area contributed by atoms with E-state index in [4.69, 9.17) is 9.47 Å². The van der Waals surface area contributed by atoms with Crippen LogP contribution in [0.5, 0.6) is 0 Å². The van der Waals surface area contributed by atoms with Gasteiger partial charge < -0.3 is 9.47 Å². The lowest BCUT2D eigenvalue weighted by atomic mass is 9.68. The maximum absolute atomic E-state index is 12.8. The van der Waals surface area contributed by atoms with Crippen LogP contribution in [-0.4, -0.2) is 11.9 Å². The van der Waals surface area contributed by atoms with E-state index >= 15 is 0 Å². The molecule has 0 atom stereocenters. The van der Waals surface area contributed by atoms with Gasteiger partial charge in [0.05, 0.1) is 10.8 Å². The largest absolute Gasteiger partial charge is 0.426 e. The van der Waals surface area contributed by atoms with Crippen LogP contribution in [0.15, 0.2) is 73.3 Å². The molecule has 0 unspecified atom stereocenters. The van der Waals surface area contributed by atoms with E-state index in [1.807, 2.05) is 19.9 Å². The van der Waals surface area contributed by atoms with Crippen LogP contribution < -0.4 is 0 Å². The molecule has 0 saturated carbocycles. The average molecular weight is 373 g/mol. The molecule has 0 aromatic heterocycles. The van der Waals surface area contributed by atoms with Crippen LogP contribution in [0.3, 0.4) is 0 Å². The minimum Gasteiger partial charge on any atom is -0.426 e. The Bertz CT molecular complexity index is 670. The fourth-order valence-electron chi connectivity index (χ4n) is 1.86. The smallest absolute Gasteiger partial charge is 0.318 e. The van der Waals surface area contributed by atoms with Gasteiger partial charge in [-0.2, -0.15) is 0 Å². The van der Waals surface area contributed by atoms with Crippen molar-refractivity contribution in [3.63, 3.8) is 0 Å². The van der Waals surface area contributed by atoms with E-state index in [1.165, 1.54) is 6.08 Å². The summed E-state index contributed by atoms with van der Waals surface area (Å²) in [5.41, 5.74) is -2.28. The third-order valence-corrected chi connectivity index (χ3v) is 4.42. The first kappa shape index (κ1) is 24.4. The number of ether oxygens (including phenoxy) is 2. The maximum atomic E-state index is 12.8. The van der Waals surface area contributed by atoms with Gasteiger partial charge in [-0.1, -0.05) is 44.4 Å². The van der Waals surface area contributed by atoms with Gasteiger partial charge in [0.2, 0.25) is 0 Å². The summed E-state index contributed by atoms with van der Waals surface area (Å²) in [6, 6.07) is 0. The van der Waals surface area contributed by atoms with Crippen LogP contribution in [-0.2, 0) is 19.1 Å². The van der Waals surface area contributed by atoms with Crippen molar-refractivity contribution in [2.24, 2.45) is 10.8 Å². The Labute approximate surface area is 163 Å². The van der Waals surface area contributed by atoms with Crippen molar-refractivity contribution in [3.05, 3.63) is 73.3 Å². The molecule has 148 valence electrons. The molecule has 0 aromatic carbocycles. The normalized spacial score (nSPS) is 13.7. The summed E-state index contributed by atoms with van der Waals surface area (Å²) in [4.78, 5) is 25.6. The second-order valence-electron chi connectivity index (χ2n) is 6.95. The third-order valence-electron chi connectivity index (χ3n) is 4.42. The highest BCUT2D eigenvalue weighted by Crippen LogP contribution is 2.41. The lowest BCUT2D eigenvalue weighted by Crippen LogP contribution is -2.46. The Kier molecular flexibility index (Phi) is 10.1. The van der Waals surface area contributed by atoms with Crippen LogP contribution >= 0.6 is 0 Å². The first-order chi connectivity index (χ1) is 12.6. The molecule has 0 radical (unpaired) electrons. The number of hydrogen-bond donors (Lipinski definition) is 0. The molecule has 0 heterocycles. The molecule has 0 fully saturated rings. The maximum Gasteiger partial charge on any atom is 0.318 e. The summed E-state index contributed by atoms with van der Waals surface area (Å²) in [5.74, 6) is -0.337. The highest BCUT2D eigenvalue weighted by atomic mass is 16.5. The van der Waals surface area contributed by atoms with E-state index in [0.717, 1.165) is 6.42 Å². The molecule has 4 heteroatoms. The first-order valence-corrected chi connectivity index (χ1v) is 8.97. The first-order valence-electron chi connectivity index (χ1n) is 8.97. The molecule has 27 heavy (non-hydrogen) atoms. The number of esters is 2. The van der Waals surface area contributed by atoms with Crippen molar-refractivity contribution in [1.82, 2.24) is 0 Å². The van der Waals surface area contributed by atoms with Crippen molar-refractivity contribution in [2.75, 3.05) is 0 Å². The molecule has 4 nitrogen and oxygen atoms in total. The molecular weight excluding hydrogens is 340 g/mol. The monoisotopic (exact) mass is 372 g/mol. The Balaban J connectivity index is 5.58. The minimum absolute atomic E-state index is 0.355. The molecule has 0 bridgehead atoms. The average Bonchev–Trinajstić information content (AvgIpc) is 2.59. The van der Waals surface area contributed by atoms with Crippen LogP contribution in [0.25, 0.3) is 0 Å². The van der Waals surface area contributed by atoms with E-state index in [-0.39, 0.29) is 0 Å². The Morgan fingerprint density at radius 1 is 0.852 bits per heavy atom. The lowest BCUT2D eigenvalue weighted by Gasteiger charge is -2.37. The standard InChI is InChI=1S/C23H32O4/c1-9-13-17-19(16-12-4)27-21(25)23(7,8)22(5,6)20(24)26-18(14-10-2)15-11-3/h10-17H,2,4,9H2,1,3,5-8H3/b15-11-,17-13-,18-14+,19-16+. The third kappa shape index (κ3) is 6.89. The highest BCUT2D eigenvalue weighted by Gasteiger charge is 2.51. The molecule has 0 rings (SSSR count). The highest BCUT2D eigenvalue weighted by molar-refractivity contribution is 5.88. The summed E-state index contributed by atoms with van der Waals surface area (Å²) in [6.07, 6.45) is 14.0. The summed E-state index contributed by atoms with van der Waals surface area (Å²) in [7, 11) is 0. The van der Waals surface area contributed by atoms with Crippen LogP contribution in [0.2, 0.25) is 0 Å². The number of carbonyl (C=O) groups is 2. The molecule has 0 aliphatic heterocycles. The van der Waals surface area contributed by atoms with Crippen molar-refractivity contribution in [3.8, 4) is 0 Å². The number of carbonyl (C=O) groups excluding carboxylic acids is 2. The van der Waals surface area contributed by atoms with E-state index in [1.54, 1.807) is 64.2 Å². The number of rotatable bonds is 10. The molecular formula is C23H32O4. The van der Waals surface area contributed by atoms with Crippen molar-refractivity contribution in [1.29, 1.82) is 0 Å². The van der Waals surface area contributed by atoms with Crippen molar-refractivity contribution >= 4 is 11.9 Å². The van der Waals surface area contributed by atoms with Gasteiger partial charge in [0, 0.05) is 0 Å². The van der Waals surface area contributed by atoms with Gasteiger partial charge >= 0.3 is 11.9 Å². The predicted molar refractivity (Wildman–Crippen MR) is 111 cm³/mol. The second kappa shape index (κ2) is 11.2. The van der Waals surface area contributed by atoms with Crippen LogP contribution in [0, 0.1) is 10.8 Å². The van der Waals surface area contributed by atoms with Crippen LogP contribution in [0.4, 0.5) is 0 Å². The molecule has 0 aliphatic carbocycles. The summed E-state index contributed by atoms with van der Waals surface area (Å²) >= 11 is 0. The molecule has 0 N–H and O–H groups in total. The van der Waals surface area contributed by atoms with Gasteiger partial charge in [-0.25, -0.2) is 0 Å². The van der Waals surface area contributed by atoms with Crippen molar-refractivity contribution in [2.45, 2.75) is 48.0 Å². The Hall–Kier alpha value is -2.62. The predicted octanol–water partition coefficient (Wildman–Crippen LogP) is 5.81. The molecule has 0 aromatic rings. The quantitative estimate of drug-likeness (QED) is 0.276. The fourth-order valence-corrected chi connectivity index (χ4v) is 1.86. The topological polar surface area (TPSA) is 52.6 Å². The van der Waals surface area contributed by atoms with E-state index in [0.29, 0.717) is 11.5 Å². The zero-order valence-corrected chi connectivity index (χ0v) is 17.4. The van der Waals surface area contributed by atoms with Crippen molar-refractivity contribution < 1.29 is 19.1 Å². The molecule has 0 spiro atoms. The summed E-state index contributed by atoms with van der Waals surface area (Å²) in [5, 5.41) is 0. The molecule has 0 saturated heterocycles. The summed E-state index contributed by atoms with van der Waals surface area (Å²) < 4.78 is 11.0. The Morgan fingerprint density at radius 3 is 1.59 bits per heavy atom. The van der Waals surface area contributed by atoms with Gasteiger partial charge in [-0.3, -0.25) is 9.59 Å². The lowest BCUT2D eigenvalue weighted by molar-refractivity contribution is -0.170. The van der Waals surface area contributed by atoms with E-state index in [9.17, 15) is 9.59 Å². The van der Waals surface area contributed by atoms with Crippen LogP contribution in [0.1, 0.15) is 48.0 Å². The number of hydrogen-bond acceptors (Lipinski definition) is 4. The fraction of sp³-hybridized carbons (Fsp3) is 0.391. The SMILES string of the molecule is C=C/C=C(\C=C/C)OC(=O)C(C)(C)C(C)(C)C(=O)OC(/C=C\CC)=C/C=C. The minimum atomic E-state index is -1.14. The summed E-state index contributed by atoms with van der Waals surface area (Å²) in [6.45, 7) is 17.7. The van der Waals surface area contributed by atoms with Gasteiger partial charge in [0.1, 0.15) is 11.5 Å². The second-order valence-corrected chi connectivity index (χ2v) is 6.95. The zero-order valence-electron chi connectivity index (χ0n) is 17.4. The van der Waals surface area contributed by atoms with Gasteiger partial charge in [-0.05, 0) is 65.3 Å².